The summed E-state index contributed by atoms with van der Waals surface area (Å²) in [6, 6.07) is 4.55. The quantitative estimate of drug-likeness (QED) is 0.628. The Hall–Kier alpha value is -1.08. The van der Waals surface area contributed by atoms with Crippen molar-refractivity contribution >= 4 is 0 Å². The highest BCUT2D eigenvalue weighted by Crippen LogP contribution is 2.17. The number of nitrogens with two attached hydrogens (primary N) is 1. The SMILES string of the molecule is CN1CCN(C)C(CC(Cc2cccc(F)c2F)NN)C1. The molecular formula is C15H24F2N4. The molecule has 0 aliphatic carbocycles. The van der Waals surface area contributed by atoms with Crippen LogP contribution in [-0.4, -0.2) is 55.6 Å². The van der Waals surface area contributed by atoms with E-state index in [4.69, 9.17) is 5.84 Å². The van der Waals surface area contributed by atoms with Gasteiger partial charge in [-0.15, -0.1) is 0 Å². The Bertz CT molecular complexity index is 469. The van der Waals surface area contributed by atoms with Gasteiger partial charge in [0.2, 0.25) is 0 Å². The second-order valence-electron chi connectivity index (χ2n) is 5.91. The average molecular weight is 298 g/mol. The van der Waals surface area contributed by atoms with Crippen LogP contribution in [0.4, 0.5) is 8.78 Å². The van der Waals surface area contributed by atoms with Crippen LogP contribution in [0.3, 0.4) is 0 Å². The Balaban J connectivity index is 2.01. The summed E-state index contributed by atoms with van der Waals surface area (Å²) in [5.41, 5.74) is 3.11. The molecule has 1 aromatic carbocycles. The molecule has 0 aromatic heterocycles. The van der Waals surface area contributed by atoms with Crippen LogP contribution in [0.2, 0.25) is 0 Å². The molecule has 1 saturated heterocycles. The maximum Gasteiger partial charge on any atom is 0.162 e. The second kappa shape index (κ2) is 7.26. The summed E-state index contributed by atoms with van der Waals surface area (Å²) in [4.78, 5) is 4.58. The third-order valence-corrected chi connectivity index (χ3v) is 4.27. The summed E-state index contributed by atoms with van der Waals surface area (Å²) in [6.07, 6.45) is 1.18. The Kier molecular flexibility index (Phi) is 5.64. The van der Waals surface area contributed by atoms with E-state index >= 15 is 0 Å². The van der Waals surface area contributed by atoms with Crippen molar-refractivity contribution in [1.82, 2.24) is 15.2 Å². The summed E-state index contributed by atoms with van der Waals surface area (Å²) in [5, 5.41) is 0. The molecule has 3 N–H and O–H groups in total. The third kappa shape index (κ3) is 4.20. The molecule has 1 fully saturated rings. The molecule has 0 spiro atoms. The highest BCUT2D eigenvalue weighted by molar-refractivity contribution is 5.20. The number of rotatable bonds is 5. The first-order valence-electron chi connectivity index (χ1n) is 7.29. The number of nitrogens with one attached hydrogen (secondary N) is 1. The monoisotopic (exact) mass is 298 g/mol. The minimum Gasteiger partial charge on any atom is -0.304 e. The summed E-state index contributed by atoms with van der Waals surface area (Å²) in [7, 11) is 4.19. The van der Waals surface area contributed by atoms with Crippen molar-refractivity contribution < 1.29 is 8.78 Å². The molecule has 4 nitrogen and oxygen atoms in total. The maximum absolute atomic E-state index is 13.8. The molecule has 1 aliphatic rings. The number of likely N-dealkylation sites (N-methyl/N-ethyl adjacent to an activating group) is 2. The molecule has 21 heavy (non-hydrogen) atoms. The van der Waals surface area contributed by atoms with Crippen LogP contribution >= 0.6 is 0 Å². The molecule has 0 saturated carbocycles. The summed E-state index contributed by atoms with van der Waals surface area (Å²) in [6.45, 7) is 3.01. The normalized spacial score (nSPS) is 22.4. The van der Waals surface area contributed by atoms with E-state index in [2.05, 4.69) is 29.3 Å². The highest BCUT2D eigenvalue weighted by Gasteiger charge is 2.25. The van der Waals surface area contributed by atoms with E-state index in [9.17, 15) is 8.78 Å². The van der Waals surface area contributed by atoms with E-state index in [0.717, 1.165) is 32.1 Å². The molecule has 0 radical (unpaired) electrons. The van der Waals surface area contributed by atoms with E-state index in [-0.39, 0.29) is 6.04 Å². The molecule has 0 bridgehead atoms. The highest BCUT2D eigenvalue weighted by atomic mass is 19.2. The molecule has 1 aliphatic heterocycles. The number of hydrazine groups is 1. The first kappa shape index (κ1) is 16.3. The molecule has 118 valence electrons. The minimum absolute atomic E-state index is 0.0831. The van der Waals surface area contributed by atoms with Gasteiger partial charge in [0, 0.05) is 31.7 Å². The minimum atomic E-state index is -0.808. The first-order chi connectivity index (χ1) is 10.0. The predicted octanol–water partition coefficient (Wildman–Crippen LogP) is 0.975. The zero-order chi connectivity index (χ0) is 15.4. The number of hydrogen-bond acceptors (Lipinski definition) is 4. The molecule has 2 unspecified atom stereocenters. The van der Waals surface area contributed by atoms with Gasteiger partial charge >= 0.3 is 0 Å². The lowest BCUT2D eigenvalue weighted by Crippen LogP contribution is -2.53. The molecule has 6 heteroatoms. The Labute approximate surface area is 124 Å². The molecule has 1 aromatic rings. The van der Waals surface area contributed by atoms with Crippen LogP contribution in [0.1, 0.15) is 12.0 Å². The fraction of sp³-hybridized carbons (Fsp3) is 0.600. The average Bonchev–Trinajstić information content (AvgIpc) is 2.46. The van der Waals surface area contributed by atoms with Crippen LogP contribution in [0.15, 0.2) is 18.2 Å². The van der Waals surface area contributed by atoms with Gasteiger partial charge in [-0.25, -0.2) is 8.78 Å². The number of nitrogens with zero attached hydrogens (tertiary/aromatic N) is 2. The number of benzene rings is 1. The Morgan fingerprint density at radius 3 is 2.81 bits per heavy atom. The predicted molar refractivity (Wildman–Crippen MR) is 79.7 cm³/mol. The van der Waals surface area contributed by atoms with Crippen LogP contribution in [-0.2, 0) is 6.42 Å². The smallest absolute Gasteiger partial charge is 0.162 e. The number of hydrogen-bond donors (Lipinski definition) is 2. The van der Waals surface area contributed by atoms with Gasteiger partial charge in [0.05, 0.1) is 0 Å². The van der Waals surface area contributed by atoms with E-state index in [1.54, 1.807) is 6.07 Å². The van der Waals surface area contributed by atoms with Crippen LogP contribution in [0.5, 0.6) is 0 Å². The summed E-state index contributed by atoms with van der Waals surface area (Å²) in [5.74, 6) is 4.03. The second-order valence-corrected chi connectivity index (χ2v) is 5.91. The van der Waals surface area contributed by atoms with Crippen LogP contribution < -0.4 is 11.3 Å². The van der Waals surface area contributed by atoms with Crippen molar-refractivity contribution in [1.29, 1.82) is 0 Å². The Morgan fingerprint density at radius 1 is 1.33 bits per heavy atom. The van der Waals surface area contributed by atoms with Crippen LogP contribution in [0.25, 0.3) is 0 Å². The topological polar surface area (TPSA) is 44.5 Å². The van der Waals surface area contributed by atoms with Gasteiger partial charge in [0.15, 0.2) is 11.6 Å². The summed E-state index contributed by atoms with van der Waals surface area (Å²) >= 11 is 0. The van der Waals surface area contributed by atoms with E-state index in [1.165, 1.54) is 6.07 Å². The molecule has 1 heterocycles. The van der Waals surface area contributed by atoms with Gasteiger partial charge in [-0.3, -0.25) is 11.3 Å². The van der Waals surface area contributed by atoms with E-state index in [0.29, 0.717) is 18.0 Å². The van der Waals surface area contributed by atoms with Crippen molar-refractivity contribution in [3.8, 4) is 0 Å². The van der Waals surface area contributed by atoms with Crippen molar-refractivity contribution in [2.24, 2.45) is 5.84 Å². The summed E-state index contributed by atoms with van der Waals surface area (Å²) < 4.78 is 27.0. The van der Waals surface area contributed by atoms with Crippen molar-refractivity contribution in [2.45, 2.75) is 24.9 Å². The van der Waals surface area contributed by atoms with E-state index in [1.807, 2.05) is 0 Å². The van der Waals surface area contributed by atoms with Gasteiger partial charge in [0.1, 0.15) is 0 Å². The van der Waals surface area contributed by atoms with Gasteiger partial charge in [0.25, 0.3) is 0 Å². The zero-order valence-corrected chi connectivity index (χ0v) is 12.6. The lowest BCUT2D eigenvalue weighted by atomic mass is 9.97. The molecule has 2 rings (SSSR count). The van der Waals surface area contributed by atoms with Crippen molar-refractivity contribution in [3.63, 3.8) is 0 Å². The maximum atomic E-state index is 13.8. The van der Waals surface area contributed by atoms with E-state index < -0.39 is 11.6 Å². The van der Waals surface area contributed by atoms with Crippen molar-refractivity contribution in [2.75, 3.05) is 33.7 Å². The zero-order valence-electron chi connectivity index (χ0n) is 12.6. The lowest BCUT2D eigenvalue weighted by molar-refractivity contribution is 0.101. The molecular weight excluding hydrogens is 274 g/mol. The Morgan fingerprint density at radius 2 is 2.10 bits per heavy atom. The standard InChI is InChI=1S/C15H24F2N4/c1-20-6-7-21(2)13(10-20)9-12(19-18)8-11-4-3-5-14(16)15(11)17/h3-5,12-13,19H,6-10,18H2,1-2H3. The van der Waals surface area contributed by atoms with Gasteiger partial charge in [-0.1, -0.05) is 12.1 Å². The number of piperazine rings is 1. The molecule has 2 atom stereocenters. The number of halogens is 2. The largest absolute Gasteiger partial charge is 0.304 e. The first-order valence-corrected chi connectivity index (χ1v) is 7.29. The fourth-order valence-electron chi connectivity index (χ4n) is 2.87. The fourth-order valence-corrected chi connectivity index (χ4v) is 2.87. The van der Waals surface area contributed by atoms with Gasteiger partial charge in [-0.05, 0) is 38.6 Å². The van der Waals surface area contributed by atoms with Crippen molar-refractivity contribution in [3.05, 3.63) is 35.4 Å². The lowest BCUT2D eigenvalue weighted by Gasteiger charge is -2.39. The molecule has 0 amide bonds. The van der Waals surface area contributed by atoms with Gasteiger partial charge < -0.3 is 9.80 Å². The van der Waals surface area contributed by atoms with Crippen LogP contribution in [0, 0.1) is 11.6 Å². The third-order valence-electron chi connectivity index (χ3n) is 4.27. The van der Waals surface area contributed by atoms with Gasteiger partial charge in [-0.2, -0.15) is 0 Å².